The summed E-state index contributed by atoms with van der Waals surface area (Å²) in [5, 5.41) is 0.736. The zero-order valence-corrected chi connectivity index (χ0v) is 13.7. The molecule has 0 radical (unpaired) electrons. The highest BCUT2D eigenvalue weighted by atomic mass is 35.5. The summed E-state index contributed by atoms with van der Waals surface area (Å²) in [6.45, 7) is 5.80. The van der Waals surface area contributed by atoms with Gasteiger partial charge in [-0.05, 0) is 74.3 Å². The van der Waals surface area contributed by atoms with E-state index < -0.39 is 0 Å². The van der Waals surface area contributed by atoms with Crippen LogP contribution in [0.15, 0.2) is 36.4 Å². The van der Waals surface area contributed by atoms with Gasteiger partial charge >= 0.3 is 0 Å². The van der Waals surface area contributed by atoms with E-state index in [9.17, 15) is 0 Å². The van der Waals surface area contributed by atoms with Crippen LogP contribution in [-0.2, 0) is 6.54 Å². The van der Waals surface area contributed by atoms with Gasteiger partial charge in [-0.1, -0.05) is 11.6 Å². The van der Waals surface area contributed by atoms with E-state index in [-0.39, 0.29) is 0 Å². The van der Waals surface area contributed by atoms with Crippen molar-refractivity contribution >= 4 is 22.6 Å². The summed E-state index contributed by atoms with van der Waals surface area (Å²) in [6.07, 6.45) is 0.930. The molecule has 1 aromatic heterocycles. The molecule has 0 atom stereocenters. The van der Waals surface area contributed by atoms with Crippen LogP contribution >= 0.6 is 11.6 Å². The Bertz CT molecular complexity index is 803. The molecule has 0 saturated heterocycles. The number of aryl methyl sites for hydroxylation is 3. The normalized spacial score (nSPS) is 11.3. The van der Waals surface area contributed by atoms with Crippen LogP contribution < -0.4 is 5.73 Å². The largest absolute Gasteiger partial charge is 0.330 e. The molecule has 0 amide bonds. The van der Waals surface area contributed by atoms with E-state index in [4.69, 9.17) is 22.3 Å². The van der Waals surface area contributed by atoms with Gasteiger partial charge in [-0.15, -0.1) is 0 Å². The van der Waals surface area contributed by atoms with Gasteiger partial charge in [0.2, 0.25) is 0 Å². The van der Waals surface area contributed by atoms with Gasteiger partial charge in [0.05, 0.1) is 11.0 Å². The molecule has 3 aromatic rings. The summed E-state index contributed by atoms with van der Waals surface area (Å²) in [5.74, 6) is 0.977. The van der Waals surface area contributed by atoms with E-state index in [0.717, 1.165) is 34.9 Å². The molecule has 1 heterocycles. The molecule has 114 valence electrons. The number of nitrogens with zero attached hydrogens (tertiary/aromatic N) is 2. The molecule has 0 unspecified atom stereocenters. The molecule has 0 aliphatic carbocycles. The van der Waals surface area contributed by atoms with Crippen LogP contribution in [0.2, 0.25) is 5.02 Å². The minimum atomic E-state index is 0.671. The first-order chi connectivity index (χ1) is 10.6. The number of aromatic nitrogens is 2. The Morgan fingerprint density at radius 2 is 1.77 bits per heavy atom. The Balaban J connectivity index is 2.21. The van der Waals surface area contributed by atoms with Crippen LogP contribution in [0.4, 0.5) is 0 Å². The second-order valence-electron chi connectivity index (χ2n) is 5.66. The maximum atomic E-state index is 6.00. The monoisotopic (exact) mass is 313 g/mol. The maximum Gasteiger partial charge on any atom is 0.141 e. The Labute approximate surface area is 135 Å². The average molecular weight is 314 g/mol. The van der Waals surface area contributed by atoms with Gasteiger partial charge in [-0.25, -0.2) is 4.98 Å². The van der Waals surface area contributed by atoms with Crippen molar-refractivity contribution in [3.05, 3.63) is 52.5 Å². The number of hydrogen-bond acceptors (Lipinski definition) is 2. The molecule has 2 N–H and O–H groups in total. The number of hydrogen-bond donors (Lipinski definition) is 1. The van der Waals surface area contributed by atoms with Crippen LogP contribution in [0.25, 0.3) is 22.4 Å². The fraction of sp³-hybridized carbons (Fsp3) is 0.278. The molecule has 2 aromatic carbocycles. The highest BCUT2D eigenvalue weighted by molar-refractivity contribution is 6.30. The van der Waals surface area contributed by atoms with Gasteiger partial charge in [-0.3, -0.25) is 0 Å². The number of fused-ring (bicyclic) bond motifs is 1. The van der Waals surface area contributed by atoms with Crippen LogP contribution in [0, 0.1) is 13.8 Å². The first-order valence-corrected chi connectivity index (χ1v) is 7.91. The van der Waals surface area contributed by atoms with Crippen molar-refractivity contribution in [3.8, 4) is 11.4 Å². The van der Waals surface area contributed by atoms with Gasteiger partial charge in [0, 0.05) is 17.1 Å². The van der Waals surface area contributed by atoms with Crippen molar-refractivity contribution in [2.45, 2.75) is 26.8 Å². The van der Waals surface area contributed by atoms with Crippen LogP contribution in [-0.4, -0.2) is 16.1 Å². The van der Waals surface area contributed by atoms with Gasteiger partial charge < -0.3 is 10.3 Å². The van der Waals surface area contributed by atoms with E-state index in [1.807, 2.05) is 24.3 Å². The quantitative estimate of drug-likeness (QED) is 0.779. The lowest BCUT2D eigenvalue weighted by Crippen LogP contribution is -2.07. The Morgan fingerprint density at radius 3 is 2.45 bits per heavy atom. The minimum Gasteiger partial charge on any atom is -0.330 e. The van der Waals surface area contributed by atoms with E-state index in [0.29, 0.717) is 6.54 Å². The number of nitrogens with two attached hydrogens (primary N) is 1. The average Bonchev–Trinajstić information content (AvgIpc) is 2.84. The lowest BCUT2D eigenvalue weighted by Gasteiger charge is -2.09. The first-order valence-electron chi connectivity index (χ1n) is 7.53. The van der Waals surface area contributed by atoms with E-state index in [2.05, 4.69) is 30.5 Å². The molecule has 3 nitrogen and oxygen atoms in total. The zero-order valence-electron chi connectivity index (χ0n) is 12.9. The number of rotatable bonds is 4. The van der Waals surface area contributed by atoms with Crippen molar-refractivity contribution in [2.24, 2.45) is 5.73 Å². The first kappa shape index (κ1) is 15.1. The van der Waals surface area contributed by atoms with Crippen LogP contribution in [0.3, 0.4) is 0 Å². The van der Waals surface area contributed by atoms with Gasteiger partial charge in [-0.2, -0.15) is 0 Å². The smallest absolute Gasteiger partial charge is 0.141 e. The Hall–Kier alpha value is -1.84. The molecule has 0 aliphatic heterocycles. The number of imidazole rings is 1. The molecule has 0 saturated carbocycles. The summed E-state index contributed by atoms with van der Waals surface area (Å²) in [5.41, 5.74) is 11.5. The van der Waals surface area contributed by atoms with Crippen LogP contribution in [0.5, 0.6) is 0 Å². The predicted molar refractivity (Wildman–Crippen MR) is 93.3 cm³/mol. The Kier molecular flexibility index (Phi) is 4.19. The highest BCUT2D eigenvalue weighted by Crippen LogP contribution is 2.28. The number of benzene rings is 2. The summed E-state index contributed by atoms with van der Waals surface area (Å²) >= 11 is 6.00. The molecular formula is C18H20ClN3. The summed E-state index contributed by atoms with van der Waals surface area (Å²) in [7, 11) is 0. The molecule has 0 fully saturated rings. The fourth-order valence-corrected chi connectivity index (χ4v) is 2.80. The molecule has 22 heavy (non-hydrogen) atoms. The lowest BCUT2D eigenvalue weighted by atomic mass is 10.1. The fourth-order valence-electron chi connectivity index (χ4n) is 2.68. The third-order valence-electron chi connectivity index (χ3n) is 4.05. The lowest BCUT2D eigenvalue weighted by molar-refractivity contribution is 0.671. The van der Waals surface area contributed by atoms with Crippen molar-refractivity contribution < 1.29 is 0 Å². The molecule has 4 heteroatoms. The summed E-state index contributed by atoms with van der Waals surface area (Å²) < 4.78 is 2.26. The summed E-state index contributed by atoms with van der Waals surface area (Å²) in [4.78, 5) is 4.85. The Morgan fingerprint density at radius 1 is 1.09 bits per heavy atom. The summed E-state index contributed by atoms with van der Waals surface area (Å²) in [6, 6.07) is 12.2. The van der Waals surface area contributed by atoms with Gasteiger partial charge in [0.1, 0.15) is 5.82 Å². The van der Waals surface area contributed by atoms with E-state index in [1.54, 1.807) is 0 Å². The topological polar surface area (TPSA) is 43.8 Å². The third kappa shape index (κ3) is 2.74. The molecule has 0 spiro atoms. The zero-order chi connectivity index (χ0) is 15.7. The molecule has 0 aliphatic rings. The van der Waals surface area contributed by atoms with Crippen molar-refractivity contribution in [1.29, 1.82) is 0 Å². The SMILES string of the molecule is Cc1cc2nc(-c3ccc(Cl)cc3)n(CCCN)c2cc1C. The van der Waals surface area contributed by atoms with Gasteiger partial charge in [0.25, 0.3) is 0 Å². The van der Waals surface area contributed by atoms with E-state index in [1.165, 1.54) is 16.6 Å². The number of halogens is 1. The highest BCUT2D eigenvalue weighted by Gasteiger charge is 2.13. The van der Waals surface area contributed by atoms with E-state index >= 15 is 0 Å². The molecule has 3 rings (SSSR count). The molecule has 0 bridgehead atoms. The second kappa shape index (κ2) is 6.11. The van der Waals surface area contributed by atoms with Crippen molar-refractivity contribution in [1.82, 2.24) is 9.55 Å². The van der Waals surface area contributed by atoms with Crippen molar-refractivity contribution in [2.75, 3.05) is 6.54 Å². The predicted octanol–water partition coefficient (Wildman–Crippen LogP) is 4.32. The maximum absolute atomic E-state index is 6.00. The van der Waals surface area contributed by atoms with Crippen LogP contribution in [0.1, 0.15) is 17.5 Å². The van der Waals surface area contributed by atoms with Gasteiger partial charge in [0.15, 0.2) is 0 Å². The third-order valence-corrected chi connectivity index (χ3v) is 4.30. The molecular weight excluding hydrogens is 294 g/mol. The second-order valence-corrected chi connectivity index (χ2v) is 6.10. The standard InChI is InChI=1S/C18H20ClN3/c1-12-10-16-17(11-13(12)2)22(9-3-8-20)18(21-16)14-4-6-15(19)7-5-14/h4-7,10-11H,3,8-9,20H2,1-2H3. The van der Waals surface area contributed by atoms with Crippen molar-refractivity contribution in [3.63, 3.8) is 0 Å². The minimum absolute atomic E-state index is 0.671.